The van der Waals surface area contributed by atoms with Gasteiger partial charge in [0.1, 0.15) is 6.61 Å². The summed E-state index contributed by atoms with van der Waals surface area (Å²) in [7, 11) is 0. The highest BCUT2D eigenvalue weighted by Gasteiger charge is 2.42. The van der Waals surface area contributed by atoms with Crippen LogP contribution in [0, 0.1) is 27.7 Å². The highest BCUT2D eigenvalue weighted by Crippen LogP contribution is 2.33. The number of aryl methyl sites for hydroxylation is 4. The van der Waals surface area contributed by atoms with Gasteiger partial charge in [-0.05, 0) is 51.9 Å². The van der Waals surface area contributed by atoms with E-state index in [0.29, 0.717) is 17.7 Å². The number of rotatable bonds is 8. The SMILES string of the molecule is CCN(CC)CCOC(=O)C(O)(c1cc(C)cc(C)c1)c1cc(C)cc(C)c1.Cl. The molecule has 0 saturated carbocycles. The van der Waals surface area contributed by atoms with Crippen molar-refractivity contribution in [1.29, 1.82) is 0 Å². The summed E-state index contributed by atoms with van der Waals surface area (Å²) in [6, 6.07) is 11.5. The van der Waals surface area contributed by atoms with Gasteiger partial charge in [0.05, 0.1) is 0 Å². The van der Waals surface area contributed by atoms with E-state index in [-0.39, 0.29) is 19.0 Å². The second kappa shape index (κ2) is 10.8. The van der Waals surface area contributed by atoms with Crippen LogP contribution in [0.25, 0.3) is 0 Å². The summed E-state index contributed by atoms with van der Waals surface area (Å²) in [5.74, 6) is -0.630. The van der Waals surface area contributed by atoms with Gasteiger partial charge in [0.15, 0.2) is 0 Å². The molecule has 2 aromatic rings. The number of ether oxygens (including phenoxy) is 1. The Morgan fingerprint density at radius 3 is 1.59 bits per heavy atom. The van der Waals surface area contributed by atoms with Crippen LogP contribution in [0.3, 0.4) is 0 Å². The van der Waals surface area contributed by atoms with E-state index < -0.39 is 11.6 Å². The van der Waals surface area contributed by atoms with Crippen molar-refractivity contribution < 1.29 is 14.6 Å². The first-order valence-corrected chi connectivity index (χ1v) is 10.00. The molecule has 0 aliphatic heterocycles. The summed E-state index contributed by atoms with van der Waals surface area (Å²) in [4.78, 5) is 15.4. The van der Waals surface area contributed by atoms with Crippen molar-refractivity contribution in [3.8, 4) is 0 Å². The number of halogens is 1. The number of benzene rings is 2. The Morgan fingerprint density at radius 1 is 0.862 bits per heavy atom. The van der Waals surface area contributed by atoms with E-state index in [2.05, 4.69) is 18.7 Å². The third-order valence-electron chi connectivity index (χ3n) is 5.11. The van der Waals surface area contributed by atoms with Gasteiger partial charge in [-0.25, -0.2) is 4.79 Å². The van der Waals surface area contributed by atoms with E-state index in [4.69, 9.17) is 4.74 Å². The Morgan fingerprint density at radius 2 is 1.24 bits per heavy atom. The predicted octanol–water partition coefficient (Wildman–Crippen LogP) is 4.46. The fraction of sp³-hybridized carbons (Fsp3) is 0.458. The Bertz CT molecular complexity index is 739. The quantitative estimate of drug-likeness (QED) is 0.641. The molecule has 4 nitrogen and oxygen atoms in total. The topological polar surface area (TPSA) is 49.8 Å². The molecule has 0 amide bonds. The van der Waals surface area contributed by atoms with Gasteiger partial charge < -0.3 is 14.7 Å². The molecule has 0 atom stereocenters. The van der Waals surface area contributed by atoms with Gasteiger partial charge in [0.2, 0.25) is 5.60 Å². The van der Waals surface area contributed by atoms with Crippen LogP contribution in [0.15, 0.2) is 36.4 Å². The third-order valence-corrected chi connectivity index (χ3v) is 5.11. The zero-order chi connectivity index (χ0) is 20.9. The minimum absolute atomic E-state index is 0. The zero-order valence-electron chi connectivity index (χ0n) is 18.4. The van der Waals surface area contributed by atoms with Crippen LogP contribution in [0.5, 0.6) is 0 Å². The normalized spacial score (nSPS) is 11.3. The minimum Gasteiger partial charge on any atom is -0.462 e. The molecule has 0 aliphatic carbocycles. The standard InChI is InChI=1S/C24H33NO3.ClH/c1-7-25(8-2)9-10-28-23(26)24(27,21-13-17(3)11-18(4)14-21)22-15-19(5)12-20(6)16-22;/h11-16,27H,7-10H2,1-6H3;1H. The highest BCUT2D eigenvalue weighted by molar-refractivity contribution is 5.86. The van der Waals surface area contributed by atoms with Gasteiger partial charge in [0.25, 0.3) is 0 Å². The van der Waals surface area contributed by atoms with Gasteiger partial charge in [-0.3, -0.25) is 0 Å². The monoisotopic (exact) mass is 419 g/mol. The molecular formula is C24H34ClNO3. The smallest absolute Gasteiger partial charge is 0.347 e. The van der Waals surface area contributed by atoms with E-state index in [1.54, 1.807) is 0 Å². The van der Waals surface area contributed by atoms with Crippen molar-refractivity contribution in [2.75, 3.05) is 26.2 Å². The fourth-order valence-corrected chi connectivity index (χ4v) is 3.68. The van der Waals surface area contributed by atoms with E-state index >= 15 is 0 Å². The highest BCUT2D eigenvalue weighted by atomic mass is 35.5. The molecule has 0 bridgehead atoms. The average molecular weight is 420 g/mol. The largest absolute Gasteiger partial charge is 0.462 e. The number of aliphatic hydroxyl groups is 1. The molecule has 0 saturated heterocycles. The van der Waals surface area contributed by atoms with E-state index in [0.717, 1.165) is 35.3 Å². The molecule has 0 spiro atoms. The van der Waals surface area contributed by atoms with Crippen molar-refractivity contribution in [3.63, 3.8) is 0 Å². The van der Waals surface area contributed by atoms with Crippen molar-refractivity contribution in [3.05, 3.63) is 69.8 Å². The molecular weight excluding hydrogens is 386 g/mol. The predicted molar refractivity (Wildman–Crippen MR) is 121 cm³/mol. The molecule has 29 heavy (non-hydrogen) atoms. The minimum atomic E-state index is -1.84. The first-order chi connectivity index (χ1) is 13.2. The average Bonchev–Trinajstić information content (AvgIpc) is 2.62. The van der Waals surface area contributed by atoms with Crippen molar-refractivity contribution >= 4 is 18.4 Å². The van der Waals surface area contributed by atoms with Crippen LogP contribution in [0.4, 0.5) is 0 Å². The maximum absolute atomic E-state index is 13.2. The summed E-state index contributed by atoms with van der Waals surface area (Å²) in [5.41, 5.74) is 3.23. The van der Waals surface area contributed by atoms with Crippen LogP contribution in [-0.4, -0.2) is 42.2 Å². The molecule has 0 unspecified atom stereocenters. The zero-order valence-corrected chi connectivity index (χ0v) is 19.2. The van der Waals surface area contributed by atoms with Gasteiger partial charge in [-0.1, -0.05) is 72.5 Å². The maximum atomic E-state index is 13.2. The first kappa shape index (κ1) is 25.2. The lowest BCUT2D eigenvalue weighted by Crippen LogP contribution is -2.40. The van der Waals surface area contributed by atoms with E-state index in [1.165, 1.54) is 0 Å². The van der Waals surface area contributed by atoms with Crippen molar-refractivity contribution in [2.24, 2.45) is 0 Å². The second-order valence-electron chi connectivity index (χ2n) is 7.63. The van der Waals surface area contributed by atoms with Gasteiger partial charge in [-0.2, -0.15) is 0 Å². The van der Waals surface area contributed by atoms with Crippen molar-refractivity contribution in [2.45, 2.75) is 47.1 Å². The van der Waals surface area contributed by atoms with Crippen molar-refractivity contribution in [1.82, 2.24) is 4.90 Å². The Labute approximate surface area is 181 Å². The number of esters is 1. The van der Waals surface area contributed by atoms with Gasteiger partial charge in [-0.15, -0.1) is 12.4 Å². The summed E-state index contributed by atoms with van der Waals surface area (Å²) < 4.78 is 5.58. The molecule has 160 valence electrons. The molecule has 1 N–H and O–H groups in total. The van der Waals surface area contributed by atoms with E-state index in [1.807, 2.05) is 64.1 Å². The molecule has 0 aromatic heterocycles. The lowest BCUT2D eigenvalue weighted by Gasteiger charge is -2.29. The Hall–Kier alpha value is -1.88. The molecule has 0 aliphatic rings. The Balaban J connectivity index is 0.00000420. The van der Waals surface area contributed by atoms with Crippen LogP contribution in [0.2, 0.25) is 0 Å². The van der Waals surface area contributed by atoms with Crippen LogP contribution in [-0.2, 0) is 15.1 Å². The lowest BCUT2D eigenvalue weighted by atomic mass is 9.83. The lowest BCUT2D eigenvalue weighted by molar-refractivity contribution is -0.162. The van der Waals surface area contributed by atoms with E-state index in [9.17, 15) is 9.90 Å². The molecule has 0 heterocycles. The molecule has 5 heteroatoms. The summed E-state index contributed by atoms with van der Waals surface area (Å²) in [5, 5.41) is 11.7. The fourth-order valence-electron chi connectivity index (χ4n) is 3.68. The summed E-state index contributed by atoms with van der Waals surface area (Å²) in [6.07, 6.45) is 0. The first-order valence-electron chi connectivity index (χ1n) is 10.00. The van der Waals surface area contributed by atoms with Crippen LogP contribution < -0.4 is 0 Å². The molecule has 0 fully saturated rings. The third kappa shape index (κ3) is 6.05. The number of carbonyl (C=O) groups is 1. The number of hydrogen-bond acceptors (Lipinski definition) is 4. The molecule has 0 radical (unpaired) electrons. The molecule has 2 rings (SSSR count). The number of nitrogens with zero attached hydrogens (tertiary/aromatic N) is 1. The number of likely N-dealkylation sites (N-methyl/N-ethyl adjacent to an activating group) is 1. The molecule has 2 aromatic carbocycles. The second-order valence-corrected chi connectivity index (χ2v) is 7.63. The van der Waals surface area contributed by atoms with Crippen LogP contribution in [0.1, 0.15) is 47.2 Å². The number of hydrogen-bond donors (Lipinski definition) is 1. The van der Waals surface area contributed by atoms with Gasteiger partial charge in [0, 0.05) is 6.54 Å². The van der Waals surface area contributed by atoms with Gasteiger partial charge >= 0.3 is 5.97 Å². The summed E-state index contributed by atoms with van der Waals surface area (Å²) in [6.45, 7) is 14.7. The summed E-state index contributed by atoms with van der Waals surface area (Å²) >= 11 is 0. The Kier molecular flexibility index (Phi) is 9.34. The number of carbonyl (C=O) groups excluding carboxylic acids is 1. The van der Waals surface area contributed by atoms with Crippen LogP contribution >= 0.6 is 12.4 Å². The maximum Gasteiger partial charge on any atom is 0.347 e.